The fourth-order valence-corrected chi connectivity index (χ4v) is 2.59. The van der Waals surface area contributed by atoms with Crippen LogP contribution < -0.4 is 11.1 Å². The number of thiazole rings is 1. The number of nitrogens with two attached hydrogens (primary N) is 1. The van der Waals surface area contributed by atoms with Gasteiger partial charge in [0.25, 0.3) is 0 Å². The maximum Gasteiger partial charge on any atom is 0.0941 e. The Balaban J connectivity index is 1.84. The quantitative estimate of drug-likeness (QED) is 0.804. The molecular formula is C11H19N3OS. The molecule has 4 nitrogen and oxygen atoms in total. The van der Waals surface area contributed by atoms with Gasteiger partial charge in [-0.25, -0.2) is 4.98 Å². The van der Waals surface area contributed by atoms with Gasteiger partial charge in [0.05, 0.1) is 17.3 Å². The van der Waals surface area contributed by atoms with E-state index in [1.165, 1.54) is 0 Å². The fourth-order valence-electron chi connectivity index (χ4n) is 1.78. The van der Waals surface area contributed by atoms with Crippen LogP contribution in [0.2, 0.25) is 0 Å². The fraction of sp³-hybridized carbons (Fsp3) is 0.727. The van der Waals surface area contributed by atoms with Gasteiger partial charge < -0.3 is 15.8 Å². The van der Waals surface area contributed by atoms with Crippen LogP contribution in [-0.4, -0.2) is 30.3 Å². The molecule has 0 amide bonds. The highest BCUT2D eigenvalue weighted by Gasteiger charge is 2.28. The molecule has 0 spiro atoms. The van der Waals surface area contributed by atoms with Crippen LogP contribution in [0.4, 0.5) is 0 Å². The van der Waals surface area contributed by atoms with E-state index in [1.54, 1.807) is 11.3 Å². The zero-order valence-electron chi connectivity index (χ0n) is 9.66. The first-order valence-electron chi connectivity index (χ1n) is 5.68. The van der Waals surface area contributed by atoms with Crippen molar-refractivity contribution >= 4 is 11.3 Å². The Morgan fingerprint density at radius 2 is 2.56 bits per heavy atom. The number of nitrogens with one attached hydrogen (secondary N) is 1. The largest absolute Gasteiger partial charge is 0.379 e. The minimum Gasteiger partial charge on any atom is -0.379 e. The van der Waals surface area contributed by atoms with Crippen molar-refractivity contribution in [2.75, 3.05) is 19.8 Å². The first-order valence-corrected chi connectivity index (χ1v) is 6.56. The Bertz CT molecular complexity index is 334. The van der Waals surface area contributed by atoms with Crippen LogP contribution in [0.3, 0.4) is 0 Å². The molecule has 2 rings (SSSR count). The standard InChI is InChI=1S/C11H19N3OS/c1-11(3-5-15-8-11)13-6-9-7-16-10(14-9)2-4-12/h7,13H,2-6,8,12H2,1H3. The van der Waals surface area contributed by atoms with Crippen LogP contribution in [0.5, 0.6) is 0 Å². The zero-order chi connectivity index (χ0) is 11.4. The number of hydrogen-bond donors (Lipinski definition) is 2. The van der Waals surface area contributed by atoms with Crippen molar-refractivity contribution in [1.82, 2.24) is 10.3 Å². The van der Waals surface area contributed by atoms with Gasteiger partial charge in [-0.05, 0) is 19.9 Å². The summed E-state index contributed by atoms with van der Waals surface area (Å²) >= 11 is 1.69. The van der Waals surface area contributed by atoms with Gasteiger partial charge in [0.2, 0.25) is 0 Å². The molecule has 5 heteroatoms. The number of nitrogens with zero attached hydrogens (tertiary/aromatic N) is 1. The highest BCUT2D eigenvalue weighted by Crippen LogP contribution is 2.18. The van der Waals surface area contributed by atoms with Gasteiger partial charge in [0, 0.05) is 30.5 Å². The summed E-state index contributed by atoms with van der Waals surface area (Å²) in [4.78, 5) is 4.53. The highest BCUT2D eigenvalue weighted by molar-refractivity contribution is 7.09. The number of hydrogen-bond acceptors (Lipinski definition) is 5. The second-order valence-electron chi connectivity index (χ2n) is 4.49. The van der Waals surface area contributed by atoms with Gasteiger partial charge in [-0.1, -0.05) is 0 Å². The maximum absolute atomic E-state index is 5.50. The second-order valence-corrected chi connectivity index (χ2v) is 5.43. The predicted molar refractivity (Wildman–Crippen MR) is 65.6 cm³/mol. The number of ether oxygens (including phenoxy) is 1. The molecule has 1 fully saturated rings. The van der Waals surface area contributed by atoms with E-state index in [0.717, 1.165) is 43.3 Å². The van der Waals surface area contributed by atoms with Crippen molar-refractivity contribution in [3.8, 4) is 0 Å². The van der Waals surface area contributed by atoms with E-state index in [4.69, 9.17) is 10.5 Å². The lowest BCUT2D eigenvalue weighted by atomic mass is 10.0. The molecule has 1 saturated heterocycles. The van der Waals surface area contributed by atoms with E-state index < -0.39 is 0 Å². The molecule has 1 aromatic rings. The lowest BCUT2D eigenvalue weighted by Gasteiger charge is -2.22. The monoisotopic (exact) mass is 241 g/mol. The van der Waals surface area contributed by atoms with Crippen LogP contribution in [0.25, 0.3) is 0 Å². The molecule has 0 saturated carbocycles. The van der Waals surface area contributed by atoms with Crippen molar-refractivity contribution in [3.05, 3.63) is 16.1 Å². The van der Waals surface area contributed by atoms with E-state index in [9.17, 15) is 0 Å². The SMILES string of the molecule is CC1(NCc2csc(CCN)n2)CCOC1. The van der Waals surface area contributed by atoms with Gasteiger partial charge in [-0.2, -0.15) is 0 Å². The van der Waals surface area contributed by atoms with E-state index in [0.29, 0.717) is 6.54 Å². The summed E-state index contributed by atoms with van der Waals surface area (Å²) in [6.45, 7) is 5.35. The van der Waals surface area contributed by atoms with Gasteiger partial charge >= 0.3 is 0 Å². The molecule has 16 heavy (non-hydrogen) atoms. The third-order valence-corrected chi connectivity index (χ3v) is 3.83. The molecule has 0 aliphatic carbocycles. The van der Waals surface area contributed by atoms with E-state index >= 15 is 0 Å². The minimum absolute atomic E-state index is 0.123. The molecule has 0 bridgehead atoms. The lowest BCUT2D eigenvalue weighted by molar-refractivity contribution is 0.171. The van der Waals surface area contributed by atoms with Gasteiger partial charge in [-0.3, -0.25) is 0 Å². The third-order valence-electron chi connectivity index (χ3n) is 2.87. The van der Waals surface area contributed by atoms with Crippen LogP contribution in [-0.2, 0) is 17.7 Å². The van der Waals surface area contributed by atoms with Crippen LogP contribution in [0.1, 0.15) is 24.0 Å². The first kappa shape index (κ1) is 12.0. The second kappa shape index (κ2) is 5.23. The normalized spacial score (nSPS) is 25.1. The van der Waals surface area contributed by atoms with Crippen LogP contribution in [0.15, 0.2) is 5.38 Å². The number of aromatic nitrogens is 1. The molecule has 1 unspecified atom stereocenters. The van der Waals surface area contributed by atoms with E-state index in [1.807, 2.05) is 0 Å². The lowest BCUT2D eigenvalue weighted by Crippen LogP contribution is -2.42. The molecule has 1 aromatic heterocycles. The predicted octanol–water partition coefficient (Wildman–Crippen LogP) is 0.913. The molecule has 1 aliphatic rings. The first-order chi connectivity index (χ1) is 7.72. The van der Waals surface area contributed by atoms with E-state index in [-0.39, 0.29) is 5.54 Å². The smallest absolute Gasteiger partial charge is 0.0941 e. The molecule has 90 valence electrons. The summed E-state index contributed by atoms with van der Waals surface area (Å²) in [5.74, 6) is 0. The summed E-state index contributed by atoms with van der Waals surface area (Å²) in [6.07, 6.45) is 1.96. The summed E-state index contributed by atoms with van der Waals surface area (Å²) < 4.78 is 5.40. The average Bonchev–Trinajstić information content (AvgIpc) is 2.86. The minimum atomic E-state index is 0.123. The van der Waals surface area contributed by atoms with Crippen LogP contribution in [0, 0.1) is 0 Å². The topological polar surface area (TPSA) is 60.2 Å². The molecule has 3 N–H and O–H groups in total. The van der Waals surface area contributed by atoms with Crippen molar-refractivity contribution in [1.29, 1.82) is 0 Å². The third kappa shape index (κ3) is 3.01. The van der Waals surface area contributed by atoms with Crippen molar-refractivity contribution < 1.29 is 4.74 Å². The van der Waals surface area contributed by atoms with Crippen molar-refractivity contribution in [2.24, 2.45) is 5.73 Å². The number of rotatable bonds is 5. The Hall–Kier alpha value is -0.490. The summed E-state index contributed by atoms with van der Waals surface area (Å²) in [5.41, 5.74) is 6.73. The maximum atomic E-state index is 5.50. The van der Waals surface area contributed by atoms with Crippen LogP contribution >= 0.6 is 11.3 Å². The van der Waals surface area contributed by atoms with Gasteiger partial charge in [0.1, 0.15) is 0 Å². The zero-order valence-corrected chi connectivity index (χ0v) is 10.5. The summed E-state index contributed by atoms with van der Waals surface area (Å²) in [7, 11) is 0. The van der Waals surface area contributed by atoms with Gasteiger partial charge in [0.15, 0.2) is 0 Å². The average molecular weight is 241 g/mol. The Labute approximate surface area is 100 Å². The molecule has 1 atom stereocenters. The Kier molecular flexibility index (Phi) is 3.91. The summed E-state index contributed by atoms with van der Waals surface area (Å²) in [5, 5.41) is 6.76. The molecule has 2 heterocycles. The molecular weight excluding hydrogens is 222 g/mol. The summed E-state index contributed by atoms with van der Waals surface area (Å²) in [6, 6.07) is 0. The van der Waals surface area contributed by atoms with Crippen molar-refractivity contribution in [2.45, 2.75) is 31.8 Å². The van der Waals surface area contributed by atoms with E-state index in [2.05, 4.69) is 22.6 Å². The van der Waals surface area contributed by atoms with Crippen molar-refractivity contribution in [3.63, 3.8) is 0 Å². The highest BCUT2D eigenvalue weighted by atomic mass is 32.1. The molecule has 0 aromatic carbocycles. The Morgan fingerprint density at radius 3 is 3.25 bits per heavy atom. The van der Waals surface area contributed by atoms with Gasteiger partial charge in [-0.15, -0.1) is 11.3 Å². The Morgan fingerprint density at radius 1 is 1.69 bits per heavy atom. The molecule has 0 radical (unpaired) electrons. The molecule has 1 aliphatic heterocycles.